The summed E-state index contributed by atoms with van der Waals surface area (Å²) in [5.41, 5.74) is 3.99. The van der Waals surface area contributed by atoms with Crippen molar-refractivity contribution in [2.45, 2.75) is 25.4 Å². The average Bonchev–Trinajstić information content (AvgIpc) is 3.77. The Labute approximate surface area is 296 Å². The highest BCUT2D eigenvalue weighted by Crippen LogP contribution is 2.40. The number of aliphatic hydroxyl groups excluding tert-OH is 1. The number of nitrogens with one attached hydrogen (secondary N) is 1. The van der Waals surface area contributed by atoms with Crippen LogP contribution < -0.4 is 19.9 Å². The molecule has 1 aromatic heterocycles. The molecule has 4 aromatic rings. The summed E-state index contributed by atoms with van der Waals surface area (Å²) in [6.45, 7) is 8.07. The molecule has 0 unspecified atom stereocenters. The van der Waals surface area contributed by atoms with Crippen molar-refractivity contribution in [3.05, 3.63) is 101 Å². The number of imidazole rings is 1. The second kappa shape index (κ2) is 15.8. The van der Waals surface area contributed by atoms with Crippen molar-refractivity contribution < 1.29 is 19.3 Å². The molecule has 2 atom stereocenters. The molecule has 13 heteroatoms. The van der Waals surface area contributed by atoms with Crippen molar-refractivity contribution in [3.8, 4) is 5.75 Å². The summed E-state index contributed by atoms with van der Waals surface area (Å²) in [4.78, 5) is 10.9. The Morgan fingerprint density at radius 2 is 1.73 bits per heavy atom. The Bertz CT molecular complexity index is 1640. The van der Waals surface area contributed by atoms with E-state index in [1.54, 1.807) is 24.7 Å². The number of aliphatic hydroxyl groups is 1. The van der Waals surface area contributed by atoms with Gasteiger partial charge < -0.3 is 43.9 Å². The standard InChI is InChI=1S/C35H40Cl2N6O4S/c1-2-41(19-20-44)34(48)39-27-4-6-28(7-5-27)42-15-17-43(18-16-42)29-8-10-30(11-9-29)45-22-31-23-46-35(47-31,24-40-14-13-38-25-40)32-12-3-26(36)21-33(32)37/h3-14,21,25,31,44H,2,15-20,22-24H2,1H3,(H,39,48)/t31-,35-/m1/s1. The molecule has 0 radical (unpaired) electrons. The maximum atomic E-state index is 9.25. The first-order chi connectivity index (χ1) is 23.4. The van der Waals surface area contributed by atoms with Gasteiger partial charge in [-0.3, -0.25) is 0 Å². The maximum Gasteiger partial charge on any atom is 0.215 e. The van der Waals surface area contributed by atoms with Gasteiger partial charge in [-0.2, -0.15) is 0 Å². The first-order valence-corrected chi connectivity index (χ1v) is 17.2. The van der Waals surface area contributed by atoms with Gasteiger partial charge in [0.05, 0.1) is 31.1 Å². The summed E-state index contributed by atoms with van der Waals surface area (Å²) < 4.78 is 20.9. The minimum Gasteiger partial charge on any atom is -0.491 e. The third-order valence-electron chi connectivity index (χ3n) is 8.59. The SMILES string of the molecule is CCN(CCO)C(=S)Nc1ccc(N2CCN(c3ccc(OC[C@@H]4CO[C@@](Cn5ccnc5)(c5ccc(Cl)cc5Cl)O4)cc3)CC2)cc1. The van der Waals surface area contributed by atoms with Crippen LogP contribution in [0.1, 0.15) is 12.5 Å². The summed E-state index contributed by atoms with van der Waals surface area (Å²) >= 11 is 18.3. The molecule has 3 aromatic carbocycles. The van der Waals surface area contributed by atoms with Gasteiger partial charge >= 0.3 is 0 Å². The molecule has 0 spiro atoms. The van der Waals surface area contributed by atoms with Gasteiger partial charge in [-0.25, -0.2) is 4.98 Å². The van der Waals surface area contributed by atoms with Crippen molar-refractivity contribution in [2.24, 2.45) is 0 Å². The second-order valence-corrected chi connectivity index (χ2v) is 13.0. The number of hydrogen-bond acceptors (Lipinski definition) is 8. The topological polar surface area (TPSA) is 87.5 Å². The molecule has 10 nitrogen and oxygen atoms in total. The summed E-state index contributed by atoms with van der Waals surface area (Å²) in [6, 6.07) is 21.9. The molecule has 254 valence electrons. The lowest BCUT2D eigenvalue weighted by Gasteiger charge is -2.37. The number of aromatic nitrogens is 2. The van der Waals surface area contributed by atoms with Crippen molar-refractivity contribution >= 4 is 57.6 Å². The molecule has 3 heterocycles. The fourth-order valence-electron chi connectivity index (χ4n) is 6.02. The molecule has 0 bridgehead atoms. The lowest BCUT2D eigenvalue weighted by Crippen LogP contribution is -2.46. The zero-order chi connectivity index (χ0) is 33.5. The van der Waals surface area contributed by atoms with Crippen LogP contribution in [0.4, 0.5) is 17.1 Å². The van der Waals surface area contributed by atoms with Crippen LogP contribution in [-0.4, -0.2) is 89.9 Å². The number of anilines is 3. The van der Waals surface area contributed by atoms with E-state index in [4.69, 9.17) is 49.6 Å². The van der Waals surface area contributed by atoms with Gasteiger partial charge in [0.15, 0.2) is 5.11 Å². The predicted octanol–water partition coefficient (Wildman–Crippen LogP) is 5.87. The van der Waals surface area contributed by atoms with E-state index < -0.39 is 5.79 Å². The third kappa shape index (κ3) is 8.16. The van der Waals surface area contributed by atoms with Gasteiger partial charge in [0.2, 0.25) is 5.79 Å². The van der Waals surface area contributed by atoms with Gasteiger partial charge in [-0.1, -0.05) is 29.3 Å². The van der Waals surface area contributed by atoms with Crippen molar-refractivity contribution in [2.75, 3.05) is 74.2 Å². The molecule has 2 saturated heterocycles. The Kier molecular flexibility index (Phi) is 11.3. The number of piperazine rings is 1. The zero-order valence-corrected chi connectivity index (χ0v) is 29.1. The van der Waals surface area contributed by atoms with Crippen LogP contribution in [0.15, 0.2) is 85.5 Å². The predicted molar refractivity (Wildman–Crippen MR) is 195 cm³/mol. The van der Waals surface area contributed by atoms with Crippen LogP contribution in [0.2, 0.25) is 10.0 Å². The molecule has 0 amide bonds. The molecular formula is C35H40Cl2N6O4S. The Balaban J connectivity index is 0.994. The van der Waals surface area contributed by atoms with Gasteiger partial charge in [-0.15, -0.1) is 0 Å². The number of thiocarbonyl (C=S) groups is 1. The van der Waals surface area contributed by atoms with Gasteiger partial charge in [0.25, 0.3) is 0 Å². The van der Waals surface area contributed by atoms with Crippen molar-refractivity contribution in [1.82, 2.24) is 14.5 Å². The molecule has 2 N–H and O–H groups in total. The maximum absolute atomic E-state index is 9.25. The molecule has 0 aliphatic carbocycles. The minimum absolute atomic E-state index is 0.0715. The van der Waals surface area contributed by atoms with Crippen LogP contribution in [0.3, 0.4) is 0 Å². The van der Waals surface area contributed by atoms with Crippen LogP contribution in [0, 0.1) is 0 Å². The monoisotopic (exact) mass is 710 g/mol. The molecule has 2 aliphatic rings. The first kappa shape index (κ1) is 34.3. The van der Waals surface area contributed by atoms with Crippen LogP contribution in [0.5, 0.6) is 5.75 Å². The van der Waals surface area contributed by atoms with Gasteiger partial charge in [0.1, 0.15) is 18.5 Å². The highest BCUT2D eigenvalue weighted by Gasteiger charge is 2.45. The molecule has 6 rings (SSSR count). The molecule has 2 aliphatic heterocycles. The zero-order valence-electron chi connectivity index (χ0n) is 26.8. The summed E-state index contributed by atoms with van der Waals surface area (Å²) in [5, 5.41) is 14.2. The first-order valence-electron chi connectivity index (χ1n) is 16.1. The molecular weight excluding hydrogens is 671 g/mol. The highest BCUT2D eigenvalue weighted by atomic mass is 35.5. The Morgan fingerprint density at radius 1 is 1.04 bits per heavy atom. The summed E-state index contributed by atoms with van der Waals surface area (Å²) in [7, 11) is 0. The van der Waals surface area contributed by atoms with Gasteiger partial charge in [-0.05, 0) is 79.8 Å². The number of likely N-dealkylation sites (N-methyl/N-ethyl adjacent to an activating group) is 1. The fraction of sp³-hybridized carbons (Fsp3) is 0.371. The van der Waals surface area contributed by atoms with E-state index in [0.29, 0.717) is 47.0 Å². The lowest BCUT2D eigenvalue weighted by atomic mass is 10.1. The summed E-state index contributed by atoms with van der Waals surface area (Å²) in [5.74, 6) is -0.323. The molecule has 48 heavy (non-hydrogen) atoms. The number of halogens is 2. The quantitative estimate of drug-likeness (QED) is 0.174. The van der Waals surface area contributed by atoms with Gasteiger partial charge in [0, 0.05) is 79.3 Å². The van der Waals surface area contributed by atoms with Crippen LogP contribution in [-0.2, 0) is 21.8 Å². The van der Waals surface area contributed by atoms with Crippen molar-refractivity contribution in [3.63, 3.8) is 0 Å². The van der Waals surface area contributed by atoms with Crippen molar-refractivity contribution in [1.29, 1.82) is 0 Å². The number of ether oxygens (including phenoxy) is 3. The largest absolute Gasteiger partial charge is 0.491 e. The number of hydrogen-bond donors (Lipinski definition) is 2. The van der Waals surface area contributed by atoms with E-state index in [2.05, 4.69) is 56.5 Å². The smallest absolute Gasteiger partial charge is 0.215 e. The lowest BCUT2D eigenvalue weighted by molar-refractivity contribution is -0.189. The third-order valence-corrected chi connectivity index (χ3v) is 9.50. The van der Waals surface area contributed by atoms with Crippen LogP contribution >= 0.6 is 35.4 Å². The molecule has 2 fully saturated rings. The van der Waals surface area contributed by atoms with E-state index >= 15 is 0 Å². The Morgan fingerprint density at radius 3 is 2.33 bits per heavy atom. The fourth-order valence-corrected chi connectivity index (χ4v) is 6.91. The highest BCUT2D eigenvalue weighted by molar-refractivity contribution is 7.80. The average molecular weight is 712 g/mol. The molecule has 0 saturated carbocycles. The number of nitrogens with zero attached hydrogens (tertiary/aromatic N) is 5. The van der Waals surface area contributed by atoms with E-state index in [1.807, 2.05) is 40.8 Å². The summed E-state index contributed by atoms with van der Waals surface area (Å²) in [6.07, 6.45) is 5.00. The van der Waals surface area contributed by atoms with E-state index in [1.165, 1.54) is 5.69 Å². The second-order valence-electron chi connectivity index (χ2n) is 11.7. The van der Waals surface area contributed by atoms with Crippen LogP contribution in [0.25, 0.3) is 0 Å². The Hall–Kier alpha value is -3.58. The number of benzene rings is 3. The number of rotatable bonds is 12. The van der Waals surface area contributed by atoms with E-state index in [0.717, 1.165) is 49.8 Å². The van der Waals surface area contributed by atoms with E-state index in [9.17, 15) is 5.11 Å². The van der Waals surface area contributed by atoms with E-state index in [-0.39, 0.29) is 12.7 Å². The minimum atomic E-state index is -1.09. The normalized spacial score (nSPS) is 19.4.